The fourth-order valence-electron chi connectivity index (χ4n) is 2.71. The van der Waals surface area contributed by atoms with Crippen LogP contribution < -0.4 is 0 Å². The number of aliphatic hydroxyl groups excluding tert-OH is 1. The molecule has 132 valence electrons. The molecule has 2 heterocycles. The van der Waals surface area contributed by atoms with Crippen LogP contribution in [0.1, 0.15) is 14.1 Å². The summed E-state index contributed by atoms with van der Waals surface area (Å²) in [6.45, 7) is 1.77. The highest BCUT2D eigenvalue weighted by atomic mass is 16.4. The topological polar surface area (TPSA) is 84.9 Å². The van der Waals surface area contributed by atoms with Crippen LogP contribution in [0.5, 0.6) is 0 Å². The molecule has 6 nitrogen and oxygen atoms in total. The van der Waals surface area contributed by atoms with Crippen molar-refractivity contribution in [3.63, 3.8) is 0 Å². The van der Waals surface area contributed by atoms with Gasteiger partial charge in [-0.2, -0.15) is 0 Å². The van der Waals surface area contributed by atoms with Gasteiger partial charge in [-0.15, -0.1) is 10.2 Å². The van der Waals surface area contributed by atoms with Gasteiger partial charge in [0.15, 0.2) is 0 Å². The van der Waals surface area contributed by atoms with E-state index in [0.29, 0.717) is 28.9 Å². The van der Waals surface area contributed by atoms with Crippen LogP contribution in [0, 0.1) is 6.92 Å². The predicted octanol–water partition coefficient (Wildman–Crippen LogP) is 4.15. The van der Waals surface area contributed by atoms with Gasteiger partial charge >= 0.3 is 0 Å². The van der Waals surface area contributed by atoms with E-state index in [1.54, 1.807) is 6.20 Å². The fraction of sp³-hybridized carbons (Fsp3) is 0.100. The Hall–Kier alpha value is -3.38. The first-order chi connectivity index (χ1) is 12.8. The van der Waals surface area contributed by atoms with Crippen molar-refractivity contribution in [3.8, 4) is 34.3 Å². The van der Waals surface area contributed by atoms with Gasteiger partial charge in [0.1, 0.15) is 5.69 Å². The molecule has 4 rings (SSSR count). The van der Waals surface area contributed by atoms with Crippen molar-refractivity contribution in [2.45, 2.75) is 13.5 Å². The summed E-state index contributed by atoms with van der Waals surface area (Å²) >= 11 is 0. The molecule has 0 bridgehead atoms. The SMILES string of the molecule is Cc1ncc(-c2ccccc2CO)nc1-c1nnc(-c2ccccc2)o1.[HH].[HH]. The van der Waals surface area contributed by atoms with Crippen molar-refractivity contribution in [1.29, 1.82) is 0 Å². The van der Waals surface area contributed by atoms with Gasteiger partial charge < -0.3 is 9.52 Å². The van der Waals surface area contributed by atoms with Gasteiger partial charge in [0.2, 0.25) is 5.89 Å². The number of aliphatic hydroxyl groups is 1. The molecular formula is C20H20N4O2. The number of aryl methyl sites for hydroxylation is 1. The smallest absolute Gasteiger partial charge is 0.268 e. The van der Waals surface area contributed by atoms with E-state index in [1.165, 1.54) is 0 Å². The minimum Gasteiger partial charge on any atom is -0.415 e. The largest absolute Gasteiger partial charge is 0.415 e. The Labute approximate surface area is 153 Å². The minimum atomic E-state index is -0.0697. The number of nitrogens with zero attached hydrogens (tertiary/aromatic N) is 4. The van der Waals surface area contributed by atoms with Crippen LogP contribution in [-0.2, 0) is 6.61 Å². The highest BCUT2D eigenvalue weighted by Crippen LogP contribution is 2.27. The molecule has 0 radical (unpaired) electrons. The zero-order valence-electron chi connectivity index (χ0n) is 14.1. The van der Waals surface area contributed by atoms with E-state index in [1.807, 2.05) is 61.5 Å². The van der Waals surface area contributed by atoms with Crippen LogP contribution in [0.3, 0.4) is 0 Å². The quantitative estimate of drug-likeness (QED) is 0.596. The molecule has 0 saturated heterocycles. The molecule has 0 saturated carbocycles. The molecule has 0 atom stereocenters. The standard InChI is InChI=1S/C20H16N4O2.2H2/c1-13-18(20-24-23-19(26-20)14-7-3-2-4-8-14)22-17(11-21-13)16-10-6-5-9-15(16)12-25;;/h2-11,25H,12H2,1H3;2*1H. The summed E-state index contributed by atoms with van der Waals surface area (Å²) in [5, 5.41) is 17.8. The maximum absolute atomic E-state index is 9.56. The van der Waals surface area contributed by atoms with Gasteiger partial charge in [-0.05, 0) is 24.6 Å². The van der Waals surface area contributed by atoms with E-state index in [-0.39, 0.29) is 9.46 Å². The second kappa shape index (κ2) is 6.85. The molecule has 0 aliphatic heterocycles. The summed E-state index contributed by atoms with van der Waals surface area (Å²) in [5.41, 5.74) is 4.33. The van der Waals surface area contributed by atoms with E-state index >= 15 is 0 Å². The van der Waals surface area contributed by atoms with Crippen molar-refractivity contribution in [2.24, 2.45) is 0 Å². The zero-order valence-corrected chi connectivity index (χ0v) is 14.1. The summed E-state index contributed by atoms with van der Waals surface area (Å²) in [5.74, 6) is 0.750. The lowest BCUT2D eigenvalue weighted by atomic mass is 10.1. The molecule has 26 heavy (non-hydrogen) atoms. The lowest BCUT2D eigenvalue weighted by molar-refractivity contribution is 0.282. The van der Waals surface area contributed by atoms with Crippen LogP contribution >= 0.6 is 0 Å². The lowest BCUT2D eigenvalue weighted by Gasteiger charge is -2.08. The zero-order chi connectivity index (χ0) is 17.9. The summed E-state index contributed by atoms with van der Waals surface area (Å²) in [4.78, 5) is 9.08. The molecule has 0 aliphatic carbocycles. The van der Waals surface area contributed by atoms with Crippen molar-refractivity contribution in [1.82, 2.24) is 20.2 Å². The third kappa shape index (κ3) is 2.98. The summed E-state index contributed by atoms with van der Waals surface area (Å²) in [6.07, 6.45) is 1.68. The second-order valence-corrected chi connectivity index (χ2v) is 5.78. The Morgan fingerprint density at radius 1 is 0.962 bits per heavy atom. The van der Waals surface area contributed by atoms with Gasteiger partial charge in [0.25, 0.3) is 5.89 Å². The Bertz CT molecular complexity index is 1060. The number of hydrogen-bond acceptors (Lipinski definition) is 6. The van der Waals surface area contributed by atoms with Crippen LogP contribution in [0.25, 0.3) is 34.3 Å². The van der Waals surface area contributed by atoms with Gasteiger partial charge in [-0.25, -0.2) is 4.98 Å². The predicted molar refractivity (Wildman–Crippen MR) is 101 cm³/mol. The average molecular weight is 348 g/mol. The van der Waals surface area contributed by atoms with Crippen molar-refractivity contribution < 1.29 is 12.4 Å². The van der Waals surface area contributed by atoms with Crippen LogP contribution in [-0.4, -0.2) is 25.3 Å². The first kappa shape index (κ1) is 16.1. The van der Waals surface area contributed by atoms with Gasteiger partial charge in [-0.1, -0.05) is 42.5 Å². The molecule has 6 heteroatoms. The third-order valence-electron chi connectivity index (χ3n) is 4.07. The summed E-state index contributed by atoms with van der Waals surface area (Å²) in [6, 6.07) is 17.1. The Kier molecular flexibility index (Phi) is 4.25. The van der Waals surface area contributed by atoms with Gasteiger partial charge in [0.05, 0.1) is 24.2 Å². The average Bonchev–Trinajstić information content (AvgIpc) is 3.19. The molecular weight excluding hydrogens is 328 g/mol. The van der Waals surface area contributed by atoms with Crippen LogP contribution in [0.15, 0.2) is 65.2 Å². The van der Waals surface area contributed by atoms with Gasteiger partial charge in [-0.3, -0.25) is 4.98 Å². The monoisotopic (exact) mass is 348 g/mol. The van der Waals surface area contributed by atoms with Crippen molar-refractivity contribution in [3.05, 3.63) is 72.1 Å². The molecule has 2 aromatic carbocycles. The number of benzene rings is 2. The molecule has 2 aromatic heterocycles. The summed E-state index contributed by atoms with van der Waals surface area (Å²) < 4.78 is 5.81. The highest BCUT2D eigenvalue weighted by Gasteiger charge is 2.16. The Balaban J connectivity index is 0.00000140. The van der Waals surface area contributed by atoms with Crippen LogP contribution in [0.4, 0.5) is 0 Å². The molecule has 0 spiro atoms. The molecule has 0 aliphatic rings. The molecule has 4 aromatic rings. The molecule has 0 unspecified atom stereocenters. The fourth-order valence-corrected chi connectivity index (χ4v) is 2.71. The number of rotatable bonds is 4. The Morgan fingerprint density at radius 3 is 2.50 bits per heavy atom. The first-order valence-corrected chi connectivity index (χ1v) is 8.18. The van der Waals surface area contributed by atoms with Crippen molar-refractivity contribution >= 4 is 0 Å². The highest BCUT2D eigenvalue weighted by molar-refractivity contribution is 5.66. The lowest BCUT2D eigenvalue weighted by Crippen LogP contribution is -1.97. The number of hydrogen-bond donors (Lipinski definition) is 1. The molecule has 0 amide bonds. The number of aromatic nitrogens is 4. The summed E-state index contributed by atoms with van der Waals surface area (Å²) in [7, 11) is 0. The Morgan fingerprint density at radius 2 is 1.69 bits per heavy atom. The van der Waals surface area contributed by atoms with E-state index in [4.69, 9.17) is 4.42 Å². The third-order valence-corrected chi connectivity index (χ3v) is 4.07. The van der Waals surface area contributed by atoms with E-state index < -0.39 is 0 Å². The van der Waals surface area contributed by atoms with Crippen molar-refractivity contribution in [2.75, 3.05) is 0 Å². The van der Waals surface area contributed by atoms with E-state index in [0.717, 1.165) is 16.7 Å². The van der Waals surface area contributed by atoms with Crippen LogP contribution in [0.2, 0.25) is 0 Å². The van der Waals surface area contributed by atoms with E-state index in [2.05, 4.69) is 20.2 Å². The maximum Gasteiger partial charge on any atom is 0.268 e. The van der Waals surface area contributed by atoms with E-state index in [9.17, 15) is 5.11 Å². The maximum atomic E-state index is 9.56. The molecule has 1 N–H and O–H groups in total. The van der Waals surface area contributed by atoms with Gasteiger partial charge in [0, 0.05) is 14.0 Å². The first-order valence-electron chi connectivity index (χ1n) is 8.18. The normalized spacial score (nSPS) is 10.8. The molecule has 0 fully saturated rings. The minimum absolute atomic E-state index is 0. The second-order valence-electron chi connectivity index (χ2n) is 5.78.